The lowest BCUT2D eigenvalue weighted by Crippen LogP contribution is -2.60. The summed E-state index contributed by atoms with van der Waals surface area (Å²) in [5.74, 6) is -2.42. The van der Waals surface area contributed by atoms with Crippen molar-refractivity contribution in [2.24, 2.45) is 0 Å². The third kappa shape index (κ3) is 3.45. The van der Waals surface area contributed by atoms with Crippen LogP contribution in [0.4, 0.5) is 0 Å². The lowest BCUT2D eigenvalue weighted by Gasteiger charge is -2.37. The fourth-order valence-corrected chi connectivity index (χ4v) is 2.17. The zero-order chi connectivity index (χ0) is 16.4. The summed E-state index contributed by atoms with van der Waals surface area (Å²) in [5.41, 5.74) is 0.145. The third-order valence-electron chi connectivity index (χ3n) is 3.12. The zero-order valence-electron chi connectivity index (χ0n) is 11.0. The Morgan fingerprint density at radius 3 is 2.18 bits per heavy atom. The van der Waals surface area contributed by atoms with Crippen LogP contribution in [0.25, 0.3) is 0 Å². The van der Waals surface area contributed by atoms with Gasteiger partial charge in [0.25, 0.3) is 0 Å². The highest BCUT2D eigenvalue weighted by atomic mass is 79.9. The highest BCUT2D eigenvalue weighted by Gasteiger charge is 2.48. The van der Waals surface area contributed by atoms with Gasteiger partial charge in [-0.2, -0.15) is 0 Å². The molecule has 1 fully saturated rings. The maximum atomic E-state index is 11.9. The van der Waals surface area contributed by atoms with Crippen LogP contribution in [0.15, 0.2) is 28.7 Å². The number of aliphatic hydroxyl groups is 3. The normalized spacial score (nSPS) is 31.5. The molecule has 2 rings (SSSR count). The second-order valence-electron chi connectivity index (χ2n) is 4.65. The lowest BCUT2D eigenvalue weighted by atomic mass is 9.99. The quantitative estimate of drug-likeness (QED) is 0.518. The first-order chi connectivity index (χ1) is 10.3. The van der Waals surface area contributed by atoms with Crippen molar-refractivity contribution in [2.75, 3.05) is 0 Å². The Labute approximate surface area is 133 Å². The molecule has 5 atom stereocenters. The first-order valence-corrected chi connectivity index (χ1v) is 6.99. The van der Waals surface area contributed by atoms with Crippen LogP contribution in [0.1, 0.15) is 10.4 Å². The molecule has 0 aliphatic carbocycles. The Balaban J connectivity index is 2.12. The van der Waals surface area contributed by atoms with Crippen LogP contribution < -0.4 is 0 Å². The number of rotatable bonds is 3. The molecule has 4 N–H and O–H groups in total. The molecule has 1 heterocycles. The smallest absolute Gasteiger partial charge is 0.340 e. The molecule has 0 unspecified atom stereocenters. The van der Waals surface area contributed by atoms with Crippen molar-refractivity contribution in [3.05, 3.63) is 34.3 Å². The predicted octanol–water partition coefficient (Wildman–Crippen LogP) is -0.502. The van der Waals surface area contributed by atoms with Crippen molar-refractivity contribution < 1.29 is 39.5 Å². The molecule has 0 radical (unpaired) electrons. The summed E-state index contributed by atoms with van der Waals surface area (Å²) in [5, 5.41) is 37.8. The summed E-state index contributed by atoms with van der Waals surface area (Å²) in [6, 6.07) is 6.07. The van der Waals surface area contributed by atoms with Crippen LogP contribution in [-0.2, 0) is 14.3 Å². The maximum absolute atomic E-state index is 11.9. The van der Waals surface area contributed by atoms with E-state index in [0.717, 1.165) is 4.47 Å². The number of hydrogen-bond acceptors (Lipinski definition) is 7. The monoisotopic (exact) mass is 376 g/mol. The average Bonchev–Trinajstić information content (AvgIpc) is 2.48. The summed E-state index contributed by atoms with van der Waals surface area (Å²) < 4.78 is 10.5. The van der Waals surface area contributed by atoms with Crippen LogP contribution in [-0.4, -0.2) is 63.1 Å². The van der Waals surface area contributed by atoms with E-state index >= 15 is 0 Å². The second-order valence-corrected chi connectivity index (χ2v) is 5.56. The number of carbonyl (C=O) groups is 2. The fraction of sp³-hybridized carbons (Fsp3) is 0.385. The van der Waals surface area contributed by atoms with Crippen LogP contribution >= 0.6 is 15.9 Å². The molecule has 1 aliphatic heterocycles. The van der Waals surface area contributed by atoms with Gasteiger partial charge in [0, 0.05) is 4.47 Å². The number of ether oxygens (including phenoxy) is 2. The summed E-state index contributed by atoms with van der Waals surface area (Å²) >= 11 is 3.20. The average molecular weight is 377 g/mol. The molecular formula is C13H13BrO8. The Morgan fingerprint density at radius 1 is 1.05 bits per heavy atom. The van der Waals surface area contributed by atoms with Crippen LogP contribution in [0, 0.1) is 0 Å². The third-order valence-corrected chi connectivity index (χ3v) is 3.64. The van der Waals surface area contributed by atoms with Crippen molar-refractivity contribution in [3.8, 4) is 0 Å². The van der Waals surface area contributed by atoms with Gasteiger partial charge in [-0.1, -0.05) is 15.9 Å². The summed E-state index contributed by atoms with van der Waals surface area (Å²) in [7, 11) is 0. The number of benzene rings is 1. The number of carboxylic acids is 1. The van der Waals surface area contributed by atoms with E-state index in [-0.39, 0.29) is 5.56 Å². The molecule has 1 aromatic carbocycles. The topological polar surface area (TPSA) is 134 Å². The van der Waals surface area contributed by atoms with Crippen LogP contribution in [0.3, 0.4) is 0 Å². The highest BCUT2D eigenvalue weighted by Crippen LogP contribution is 2.23. The molecular weight excluding hydrogens is 364 g/mol. The molecule has 8 nitrogen and oxygen atoms in total. The number of hydrogen-bond donors (Lipinski definition) is 4. The minimum atomic E-state index is -1.84. The van der Waals surface area contributed by atoms with Crippen molar-refractivity contribution in [2.45, 2.75) is 30.7 Å². The molecule has 0 aromatic heterocycles. The van der Waals surface area contributed by atoms with Gasteiger partial charge in [0.15, 0.2) is 6.10 Å². The number of carboxylic acid groups (broad SMARTS) is 1. The van der Waals surface area contributed by atoms with Crippen molar-refractivity contribution >= 4 is 27.9 Å². The summed E-state index contributed by atoms with van der Waals surface area (Å²) in [4.78, 5) is 22.8. The van der Waals surface area contributed by atoms with Crippen LogP contribution in [0.5, 0.6) is 0 Å². The first-order valence-electron chi connectivity index (χ1n) is 6.20. The molecule has 9 heteroatoms. The second kappa shape index (κ2) is 6.71. The van der Waals surface area contributed by atoms with Gasteiger partial charge in [0.1, 0.15) is 18.3 Å². The fourth-order valence-electron chi connectivity index (χ4n) is 1.91. The number of esters is 1. The molecule has 0 amide bonds. The van der Waals surface area contributed by atoms with Crippen molar-refractivity contribution in [3.63, 3.8) is 0 Å². The predicted molar refractivity (Wildman–Crippen MR) is 73.9 cm³/mol. The molecule has 1 aromatic rings. The van der Waals surface area contributed by atoms with Gasteiger partial charge < -0.3 is 29.9 Å². The molecule has 22 heavy (non-hydrogen) atoms. The zero-order valence-corrected chi connectivity index (χ0v) is 12.6. The first kappa shape index (κ1) is 16.8. The maximum Gasteiger partial charge on any atom is 0.340 e. The van der Waals surface area contributed by atoms with Gasteiger partial charge in [-0.25, -0.2) is 9.59 Å². The molecule has 1 aliphatic rings. The van der Waals surface area contributed by atoms with E-state index in [1.807, 2.05) is 0 Å². The molecule has 1 saturated heterocycles. The minimum Gasteiger partial charge on any atom is -0.479 e. The van der Waals surface area contributed by atoms with E-state index in [2.05, 4.69) is 15.9 Å². The van der Waals surface area contributed by atoms with Gasteiger partial charge in [-0.3, -0.25) is 0 Å². The van der Waals surface area contributed by atoms with Crippen molar-refractivity contribution in [1.82, 2.24) is 0 Å². The summed E-state index contributed by atoms with van der Waals surface area (Å²) in [6.45, 7) is 0. The van der Waals surface area contributed by atoms with E-state index < -0.39 is 42.6 Å². The van der Waals surface area contributed by atoms with Gasteiger partial charge in [-0.15, -0.1) is 0 Å². The number of aliphatic hydroxyl groups excluding tert-OH is 3. The van der Waals surface area contributed by atoms with Gasteiger partial charge in [-0.05, 0) is 24.3 Å². The largest absolute Gasteiger partial charge is 0.479 e. The molecule has 0 bridgehead atoms. The Hall–Kier alpha value is -1.52. The SMILES string of the molecule is O=C(O[C@@H]1O[C@H](C(=O)O)[C@@H](O)[C@H](O)[C@H]1O)c1ccc(Br)cc1. The van der Waals surface area contributed by atoms with E-state index in [4.69, 9.17) is 14.6 Å². The molecule has 0 spiro atoms. The summed E-state index contributed by atoms with van der Waals surface area (Å²) in [6.07, 6.45) is -8.96. The molecule has 120 valence electrons. The van der Waals surface area contributed by atoms with Gasteiger partial charge in [0.05, 0.1) is 5.56 Å². The van der Waals surface area contributed by atoms with E-state index in [1.165, 1.54) is 12.1 Å². The van der Waals surface area contributed by atoms with Gasteiger partial charge >= 0.3 is 11.9 Å². The van der Waals surface area contributed by atoms with E-state index in [0.29, 0.717) is 0 Å². The Bertz CT molecular complexity index is 560. The highest BCUT2D eigenvalue weighted by molar-refractivity contribution is 9.10. The number of halogens is 1. The Morgan fingerprint density at radius 2 is 1.64 bits per heavy atom. The van der Waals surface area contributed by atoms with Gasteiger partial charge in [0.2, 0.25) is 6.29 Å². The Kier molecular flexibility index (Phi) is 5.14. The number of aliphatic carboxylic acids is 1. The van der Waals surface area contributed by atoms with Crippen molar-refractivity contribution in [1.29, 1.82) is 0 Å². The van der Waals surface area contributed by atoms with E-state index in [1.54, 1.807) is 12.1 Å². The minimum absolute atomic E-state index is 0.145. The van der Waals surface area contributed by atoms with Crippen LogP contribution in [0.2, 0.25) is 0 Å². The molecule has 0 saturated carbocycles. The standard InChI is InChI=1S/C13H13BrO8/c14-6-3-1-5(2-4-6)12(20)22-13-9(17)7(15)8(16)10(21-13)11(18)19/h1-4,7-10,13,15-17H,(H,18,19)/t7-,8-,9+,10-,13-/m0/s1. The van der Waals surface area contributed by atoms with E-state index in [9.17, 15) is 24.9 Å². The lowest BCUT2D eigenvalue weighted by molar-refractivity contribution is -0.278. The number of carbonyl (C=O) groups excluding carboxylic acids is 1.